The van der Waals surface area contributed by atoms with Gasteiger partial charge in [0.25, 0.3) is 0 Å². The zero-order chi connectivity index (χ0) is 30.3. The van der Waals surface area contributed by atoms with Crippen molar-refractivity contribution in [3.63, 3.8) is 0 Å². The number of ether oxygens (including phenoxy) is 3. The fraction of sp³-hybridized carbons (Fsp3) is 0.364. The predicted molar refractivity (Wildman–Crippen MR) is 167 cm³/mol. The van der Waals surface area contributed by atoms with Crippen LogP contribution in [-0.2, 0) is 16.0 Å². The highest BCUT2D eigenvalue weighted by molar-refractivity contribution is 8.01. The van der Waals surface area contributed by atoms with Gasteiger partial charge in [-0.25, -0.2) is 0 Å². The molecule has 5 rings (SSSR count). The normalized spacial score (nSPS) is 17.9. The fourth-order valence-corrected chi connectivity index (χ4v) is 6.39. The number of carbonyl (C=O) groups is 3. The first-order chi connectivity index (χ1) is 20.9. The van der Waals surface area contributed by atoms with Gasteiger partial charge in [-0.3, -0.25) is 19.3 Å². The molecule has 9 nitrogen and oxygen atoms in total. The van der Waals surface area contributed by atoms with Crippen molar-refractivity contribution in [3.8, 4) is 17.2 Å². The van der Waals surface area contributed by atoms with Gasteiger partial charge in [0.15, 0.2) is 11.5 Å². The van der Waals surface area contributed by atoms with Crippen LogP contribution in [0.1, 0.15) is 53.0 Å². The van der Waals surface area contributed by atoms with Gasteiger partial charge in [0.05, 0.1) is 25.6 Å². The van der Waals surface area contributed by atoms with Crippen molar-refractivity contribution in [1.82, 2.24) is 5.32 Å². The lowest BCUT2D eigenvalue weighted by Gasteiger charge is -2.25. The molecule has 0 aromatic heterocycles. The molecule has 0 bridgehead atoms. The van der Waals surface area contributed by atoms with Crippen LogP contribution in [0.2, 0.25) is 0 Å². The third-order valence-corrected chi connectivity index (χ3v) is 8.87. The molecule has 43 heavy (non-hydrogen) atoms. The molecule has 10 heteroatoms. The molecule has 1 aliphatic heterocycles. The van der Waals surface area contributed by atoms with Crippen LogP contribution in [0.25, 0.3) is 0 Å². The number of nitrogens with one attached hydrogen (secondary N) is 1. The molecule has 2 fully saturated rings. The molecule has 1 saturated heterocycles. The summed E-state index contributed by atoms with van der Waals surface area (Å²) in [7, 11) is 1.60. The van der Waals surface area contributed by atoms with E-state index in [1.54, 1.807) is 36.3 Å². The molecular formula is C33H37N3O6S. The summed E-state index contributed by atoms with van der Waals surface area (Å²) in [6, 6.07) is 20.1. The molecule has 1 saturated carbocycles. The fourth-order valence-electron chi connectivity index (χ4n) is 4.94. The Bertz CT molecular complexity index is 1460. The first-order valence-corrected chi connectivity index (χ1v) is 15.5. The van der Waals surface area contributed by atoms with E-state index in [9.17, 15) is 14.4 Å². The molecule has 1 aliphatic carbocycles. The van der Waals surface area contributed by atoms with E-state index in [-0.39, 0.29) is 23.6 Å². The summed E-state index contributed by atoms with van der Waals surface area (Å²) < 4.78 is 16.9. The van der Waals surface area contributed by atoms with Gasteiger partial charge in [0, 0.05) is 24.2 Å². The highest BCUT2D eigenvalue weighted by Crippen LogP contribution is 2.47. The minimum absolute atomic E-state index is 0.0292. The second-order valence-corrected chi connectivity index (χ2v) is 11.9. The van der Waals surface area contributed by atoms with Crippen molar-refractivity contribution in [3.05, 3.63) is 83.4 Å². The molecule has 2 aliphatic rings. The SMILES string of the molecule is CCOc1cc(CCNC(=O)C[C@H]2S[C@@H](c3ccc(OCC4CC4)cc3)N(c3cccc(C(N)=O)c3)C2=O)ccc1OC. The first kappa shape index (κ1) is 30.3. The monoisotopic (exact) mass is 603 g/mol. The highest BCUT2D eigenvalue weighted by Gasteiger charge is 2.43. The Morgan fingerprint density at radius 3 is 2.51 bits per heavy atom. The number of methoxy groups -OCH3 is 1. The smallest absolute Gasteiger partial charge is 0.248 e. The average molecular weight is 604 g/mol. The maximum absolute atomic E-state index is 13.8. The first-order valence-electron chi connectivity index (χ1n) is 14.5. The van der Waals surface area contributed by atoms with E-state index in [4.69, 9.17) is 19.9 Å². The average Bonchev–Trinajstić information content (AvgIpc) is 3.79. The molecular weight excluding hydrogens is 566 g/mol. The summed E-state index contributed by atoms with van der Waals surface area (Å²) in [4.78, 5) is 40.3. The molecule has 0 radical (unpaired) electrons. The van der Waals surface area contributed by atoms with Crippen LogP contribution in [0.3, 0.4) is 0 Å². The maximum Gasteiger partial charge on any atom is 0.248 e. The Morgan fingerprint density at radius 1 is 1.02 bits per heavy atom. The van der Waals surface area contributed by atoms with E-state index in [0.29, 0.717) is 54.8 Å². The summed E-state index contributed by atoms with van der Waals surface area (Å²) >= 11 is 1.42. The van der Waals surface area contributed by atoms with Gasteiger partial charge in [0.1, 0.15) is 11.1 Å². The zero-order valence-electron chi connectivity index (χ0n) is 24.4. The number of nitrogens with zero attached hydrogens (tertiary/aromatic N) is 1. The van der Waals surface area contributed by atoms with E-state index in [0.717, 1.165) is 16.9 Å². The summed E-state index contributed by atoms with van der Waals surface area (Å²) in [5, 5.41) is 1.97. The number of carbonyl (C=O) groups excluding carboxylic acids is 3. The van der Waals surface area contributed by atoms with Gasteiger partial charge in [-0.1, -0.05) is 24.3 Å². The standard InChI is InChI=1S/C33H37N3O6S/c1-3-41-28-17-21(9-14-27(28)40-2)15-16-35-30(37)19-29-32(39)36(25-6-4-5-24(18-25)31(34)38)33(43-29)23-10-12-26(13-11-23)42-20-22-7-8-22/h4-6,9-14,17-18,22,29,33H,3,7-8,15-16,19-20H2,1-2H3,(H2,34,38)(H,35,37)/t29-,33+/m1/s1. The molecule has 2 atom stereocenters. The lowest BCUT2D eigenvalue weighted by Crippen LogP contribution is -2.34. The van der Waals surface area contributed by atoms with Gasteiger partial charge in [-0.2, -0.15) is 0 Å². The molecule has 0 spiro atoms. The number of anilines is 1. The minimum Gasteiger partial charge on any atom is -0.493 e. The molecule has 0 unspecified atom stereocenters. The molecule has 3 aromatic rings. The topological polar surface area (TPSA) is 120 Å². The van der Waals surface area contributed by atoms with E-state index in [1.165, 1.54) is 24.6 Å². The quantitative estimate of drug-likeness (QED) is 0.270. The van der Waals surface area contributed by atoms with Gasteiger partial charge in [0.2, 0.25) is 17.7 Å². The van der Waals surface area contributed by atoms with Crippen molar-refractivity contribution in [2.75, 3.05) is 31.8 Å². The Morgan fingerprint density at radius 2 is 1.81 bits per heavy atom. The van der Waals surface area contributed by atoms with Crippen LogP contribution in [0.15, 0.2) is 66.7 Å². The van der Waals surface area contributed by atoms with Crippen LogP contribution < -0.4 is 30.2 Å². The van der Waals surface area contributed by atoms with Gasteiger partial charge in [-0.15, -0.1) is 11.8 Å². The second kappa shape index (κ2) is 13.9. The Hall–Kier alpha value is -4.18. The second-order valence-electron chi connectivity index (χ2n) is 10.6. The van der Waals surface area contributed by atoms with Crippen molar-refractivity contribution in [2.24, 2.45) is 11.7 Å². The number of hydrogen-bond donors (Lipinski definition) is 2. The molecule has 3 amide bonds. The highest BCUT2D eigenvalue weighted by atomic mass is 32.2. The van der Waals surface area contributed by atoms with E-state index >= 15 is 0 Å². The Kier molecular flexibility index (Phi) is 9.76. The largest absolute Gasteiger partial charge is 0.493 e. The van der Waals surface area contributed by atoms with Crippen LogP contribution >= 0.6 is 11.8 Å². The molecule has 3 N–H and O–H groups in total. The number of nitrogens with two attached hydrogens (primary N) is 1. The third-order valence-electron chi connectivity index (χ3n) is 7.43. The lowest BCUT2D eigenvalue weighted by atomic mass is 10.1. The lowest BCUT2D eigenvalue weighted by molar-refractivity contribution is -0.124. The van der Waals surface area contributed by atoms with Crippen molar-refractivity contribution in [2.45, 2.75) is 43.2 Å². The Balaban J connectivity index is 1.26. The van der Waals surface area contributed by atoms with E-state index < -0.39 is 11.2 Å². The summed E-state index contributed by atoms with van der Waals surface area (Å²) in [6.07, 6.45) is 3.06. The predicted octanol–water partition coefficient (Wildman–Crippen LogP) is 4.88. The van der Waals surface area contributed by atoms with E-state index in [1.807, 2.05) is 49.4 Å². The zero-order valence-corrected chi connectivity index (χ0v) is 25.2. The minimum atomic E-state index is -0.599. The number of rotatable bonds is 14. The summed E-state index contributed by atoms with van der Waals surface area (Å²) in [5.74, 6) is 1.77. The van der Waals surface area contributed by atoms with Gasteiger partial charge >= 0.3 is 0 Å². The maximum atomic E-state index is 13.8. The number of thioether (sulfide) groups is 1. The Labute approximate surface area is 256 Å². The van der Waals surface area contributed by atoms with Crippen molar-refractivity contribution < 1.29 is 28.6 Å². The number of hydrogen-bond acceptors (Lipinski definition) is 7. The molecule has 3 aromatic carbocycles. The van der Waals surface area contributed by atoms with Crippen LogP contribution in [0, 0.1) is 5.92 Å². The summed E-state index contributed by atoms with van der Waals surface area (Å²) in [6.45, 7) is 3.56. The number of amides is 3. The van der Waals surface area contributed by atoms with Crippen molar-refractivity contribution >= 4 is 35.2 Å². The molecule has 1 heterocycles. The molecule has 226 valence electrons. The van der Waals surface area contributed by atoms with Crippen LogP contribution in [0.5, 0.6) is 17.2 Å². The van der Waals surface area contributed by atoms with E-state index in [2.05, 4.69) is 5.32 Å². The number of benzene rings is 3. The number of primary amides is 1. The van der Waals surface area contributed by atoms with Gasteiger partial charge in [-0.05, 0) is 85.7 Å². The van der Waals surface area contributed by atoms with Crippen LogP contribution in [0.4, 0.5) is 5.69 Å². The van der Waals surface area contributed by atoms with Gasteiger partial charge < -0.3 is 25.3 Å². The van der Waals surface area contributed by atoms with Crippen LogP contribution in [-0.4, -0.2) is 49.8 Å². The summed E-state index contributed by atoms with van der Waals surface area (Å²) in [5.41, 5.74) is 8.29. The third kappa shape index (κ3) is 7.62. The van der Waals surface area contributed by atoms with Crippen molar-refractivity contribution in [1.29, 1.82) is 0 Å².